The molecule has 1 saturated heterocycles. The zero-order valence-electron chi connectivity index (χ0n) is 12.6. The van der Waals surface area contributed by atoms with E-state index in [1.165, 1.54) is 58.0 Å². The second kappa shape index (κ2) is 5.92. The quantitative estimate of drug-likeness (QED) is 0.816. The van der Waals surface area contributed by atoms with Crippen LogP contribution in [0.15, 0.2) is 0 Å². The van der Waals surface area contributed by atoms with Crippen LogP contribution in [-0.2, 0) is 0 Å². The van der Waals surface area contributed by atoms with Crippen molar-refractivity contribution in [1.29, 1.82) is 0 Å². The van der Waals surface area contributed by atoms with Crippen LogP contribution in [0.3, 0.4) is 0 Å². The van der Waals surface area contributed by atoms with Gasteiger partial charge in [-0.3, -0.25) is 4.90 Å². The Hall–Kier alpha value is -0.0800. The number of hydrogen-bond donors (Lipinski definition) is 1. The van der Waals surface area contributed by atoms with E-state index in [0.717, 1.165) is 5.92 Å². The Labute approximate surface area is 113 Å². The molecule has 0 amide bonds. The predicted molar refractivity (Wildman–Crippen MR) is 78.6 cm³/mol. The Morgan fingerprint density at radius 2 is 1.94 bits per heavy atom. The molecule has 2 aliphatic rings. The van der Waals surface area contributed by atoms with Crippen molar-refractivity contribution in [2.24, 2.45) is 17.1 Å². The van der Waals surface area contributed by atoms with Gasteiger partial charge in [0.25, 0.3) is 0 Å². The monoisotopic (exact) mass is 252 g/mol. The molecular weight excluding hydrogens is 220 g/mol. The maximum Gasteiger partial charge on any atom is 0.0249 e. The third kappa shape index (κ3) is 3.48. The van der Waals surface area contributed by atoms with Gasteiger partial charge in [-0.05, 0) is 62.9 Å². The molecule has 1 aliphatic heterocycles. The van der Waals surface area contributed by atoms with Crippen molar-refractivity contribution in [3.05, 3.63) is 0 Å². The van der Waals surface area contributed by atoms with E-state index >= 15 is 0 Å². The van der Waals surface area contributed by atoms with Gasteiger partial charge in [-0.1, -0.05) is 27.2 Å². The Balaban J connectivity index is 1.96. The fourth-order valence-corrected chi connectivity index (χ4v) is 3.82. The van der Waals surface area contributed by atoms with E-state index in [-0.39, 0.29) is 0 Å². The second-order valence-electron chi connectivity index (χ2n) is 7.37. The Bertz CT molecular complexity index is 262. The summed E-state index contributed by atoms with van der Waals surface area (Å²) in [6, 6.07) is 1.09. The lowest BCUT2D eigenvalue weighted by Crippen LogP contribution is -2.51. The van der Waals surface area contributed by atoms with Crippen LogP contribution in [-0.4, -0.2) is 30.1 Å². The first-order valence-electron chi connectivity index (χ1n) is 8.01. The van der Waals surface area contributed by atoms with Gasteiger partial charge in [-0.15, -0.1) is 0 Å². The summed E-state index contributed by atoms with van der Waals surface area (Å²) in [5, 5.41) is 0. The zero-order chi connectivity index (χ0) is 13.2. The number of nitrogens with zero attached hydrogens (tertiary/aromatic N) is 1. The minimum Gasteiger partial charge on any atom is -0.326 e. The molecule has 106 valence electrons. The Morgan fingerprint density at radius 3 is 2.67 bits per heavy atom. The molecule has 0 radical (unpaired) electrons. The van der Waals surface area contributed by atoms with Gasteiger partial charge in [-0.25, -0.2) is 0 Å². The Kier molecular flexibility index (Phi) is 4.71. The summed E-state index contributed by atoms with van der Waals surface area (Å²) in [7, 11) is 0. The van der Waals surface area contributed by atoms with Crippen molar-refractivity contribution in [2.45, 2.75) is 77.8 Å². The summed E-state index contributed by atoms with van der Waals surface area (Å²) in [5.41, 5.74) is 6.94. The van der Waals surface area contributed by atoms with Crippen molar-refractivity contribution >= 4 is 0 Å². The zero-order valence-corrected chi connectivity index (χ0v) is 12.6. The number of hydrogen-bond acceptors (Lipinski definition) is 2. The van der Waals surface area contributed by atoms with Crippen LogP contribution >= 0.6 is 0 Å². The average molecular weight is 252 g/mol. The molecule has 1 aliphatic carbocycles. The van der Waals surface area contributed by atoms with Crippen molar-refractivity contribution in [3.63, 3.8) is 0 Å². The lowest BCUT2D eigenvalue weighted by Gasteiger charge is -2.41. The second-order valence-corrected chi connectivity index (χ2v) is 7.37. The minimum atomic E-state index is 0.425. The highest BCUT2D eigenvalue weighted by molar-refractivity contribution is 4.91. The van der Waals surface area contributed by atoms with Crippen LogP contribution in [0, 0.1) is 11.3 Å². The number of rotatable bonds is 2. The highest BCUT2D eigenvalue weighted by Gasteiger charge is 2.33. The third-order valence-corrected chi connectivity index (χ3v) is 5.40. The molecule has 2 fully saturated rings. The van der Waals surface area contributed by atoms with Crippen LogP contribution in [0.5, 0.6) is 0 Å². The summed E-state index contributed by atoms with van der Waals surface area (Å²) >= 11 is 0. The first-order valence-corrected chi connectivity index (χ1v) is 8.01. The lowest BCUT2D eigenvalue weighted by atomic mass is 9.80. The van der Waals surface area contributed by atoms with Crippen molar-refractivity contribution in [2.75, 3.05) is 13.1 Å². The average Bonchev–Trinajstić information content (AvgIpc) is 2.51. The topological polar surface area (TPSA) is 29.3 Å². The molecule has 1 heterocycles. The molecule has 0 bridgehead atoms. The van der Waals surface area contributed by atoms with Gasteiger partial charge in [0.15, 0.2) is 0 Å². The minimum absolute atomic E-state index is 0.425. The Morgan fingerprint density at radius 1 is 1.17 bits per heavy atom. The van der Waals surface area contributed by atoms with Gasteiger partial charge >= 0.3 is 0 Å². The van der Waals surface area contributed by atoms with Crippen LogP contribution < -0.4 is 5.73 Å². The van der Waals surface area contributed by atoms with Crippen molar-refractivity contribution in [1.82, 2.24) is 4.90 Å². The fourth-order valence-electron chi connectivity index (χ4n) is 3.82. The molecule has 0 aromatic rings. The van der Waals surface area contributed by atoms with Crippen LogP contribution in [0.25, 0.3) is 0 Å². The van der Waals surface area contributed by atoms with Gasteiger partial charge in [0, 0.05) is 12.1 Å². The SMILES string of the molecule is CCC1CCC(N)C(N2CCCC(C)(C)CC2)C1. The van der Waals surface area contributed by atoms with Gasteiger partial charge in [0.2, 0.25) is 0 Å². The number of nitrogens with two attached hydrogens (primary N) is 1. The smallest absolute Gasteiger partial charge is 0.0249 e. The van der Waals surface area contributed by atoms with E-state index in [4.69, 9.17) is 5.73 Å². The molecule has 3 atom stereocenters. The van der Waals surface area contributed by atoms with E-state index < -0.39 is 0 Å². The molecule has 0 aromatic carbocycles. The number of likely N-dealkylation sites (tertiary alicyclic amines) is 1. The molecule has 0 spiro atoms. The predicted octanol–water partition coefficient (Wildman–Crippen LogP) is 3.40. The van der Waals surface area contributed by atoms with Crippen molar-refractivity contribution < 1.29 is 0 Å². The molecule has 0 aromatic heterocycles. The summed E-state index contributed by atoms with van der Waals surface area (Å²) in [5.74, 6) is 0.922. The van der Waals surface area contributed by atoms with E-state index in [9.17, 15) is 0 Å². The molecular formula is C16H32N2. The third-order valence-electron chi connectivity index (χ3n) is 5.40. The fraction of sp³-hybridized carbons (Fsp3) is 1.00. The lowest BCUT2D eigenvalue weighted by molar-refractivity contribution is 0.110. The van der Waals surface area contributed by atoms with Crippen LogP contribution in [0.4, 0.5) is 0 Å². The van der Waals surface area contributed by atoms with E-state index in [1.54, 1.807) is 0 Å². The van der Waals surface area contributed by atoms with Gasteiger partial charge in [0.05, 0.1) is 0 Å². The van der Waals surface area contributed by atoms with Gasteiger partial charge in [0.1, 0.15) is 0 Å². The summed E-state index contributed by atoms with van der Waals surface area (Å²) in [6.45, 7) is 9.72. The van der Waals surface area contributed by atoms with E-state index in [2.05, 4.69) is 25.7 Å². The normalized spacial score (nSPS) is 38.3. The van der Waals surface area contributed by atoms with Gasteiger partial charge in [-0.2, -0.15) is 0 Å². The molecule has 2 heteroatoms. The highest BCUT2D eigenvalue weighted by Crippen LogP contribution is 2.34. The molecule has 3 unspecified atom stereocenters. The molecule has 18 heavy (non-hydrogen) atoms. The van der Waals surface area contributed by atoms with E-state index in [1.807, 2.05) is 0 Å². The first kappa shape index (κ1) is 14.3. The van der Waals surface area contributed by atoms with Crippen LogP contribution in [0.2, 0.25) is 0 Å². The molecule has 2 rings (SSSR count). The first-order chi connectivity index (χ1) is 8.52. The molecule has 1 saturated carbocycles. The standard InChI is InChI=1S/C16H32N2/c1-4-13-6-7-14(17)15(12-13)18-10-5-8-16(2,3)9-11-18/h13-15H,4-12,17H2,1-3H3. The summed E-state index contributed by atoms with van der Waals surface area (Å²) in [4.78, 5) is 2.72. The van der Waals surface area contributed by atoms with Crippen LogP contribution in [0.1, 0.15) is 65.7 Å². The summed E-state index contributed by atoms with van der Waals surface area (Å²) < 4.78 is 0. The maximum atomic E-state index is 6.40. The van der Waals surface area contributed by atoms with E-state index in [0.29, 0.717) is 17.5 Å². The van der Waals surface area contributed by atoms with Crippen molar-refractivity contribution in [3.8, 4) is 0 Å². The summed E-state index contributed by atoms with van der Waals surface area (Å²) in [6.07, 6.45) is 9.35. The molecule has 2 nitrogen and oxygen atoms in total. The molecule has 2 N–H and O–H groups in total. The van der Waals surface area contributed by atoms with Gasteiger partial charge < -0.3 is 5.73 Å². The maximum absolute atomic E-state index is 6.40. The largest absolute Gasteiger partial charge is 0.326 e. The highest BCUT2D eigenvalue weighted by atomic mass is 15.2.